The molecule has 0 unspecified atom stereocenters. The number of hydrogen-bond donors (Lipinski definition) is 2. The Labute approximate surface area is 166 Å². The molecule has 5 nitrogen and oxygen atoms in total. The van der Waals surface area contributed by atoms with Gasteiger partial charge in [0.1, 0.15) is 5.82 Å². The summed E-state index contributed by atoms with van der Waals surface area (Å²) in [6.45, 7) is 3.20. The highest BCUT2D eigenvalue weighted by molar-refractivity contribution is 6.06. The van der Waals surface area contributed by atoms with E-state index in [1.807, 2.05) is 43.3 Å². The van der Waals surface area contributed by atoms with Crippen LogP contribution in [-0.2, 0) is 0 Å². The Morgan fingerprint density at radius 2 is 1.89 bits per heavy atom. The molecule has 2 aromatic rings. The first-order valence-electron chi connectivity index (χ1n) is 9.47. The van der Waals surface area contributed by atoms with Crippen molar-refractivity contribution in [1.29, 1.82) is 0 Å². The molecule has 1 amide bonds. The number of unbranched alkanes of at least 4 members (excludes halogenated alkanes) is 1. The third kappa shape index (κ3) is 5.25. The molecule has 0 atom stereocenters. The zero-order valence-corrected chi connectivity index (χ0v) is 16.8. The fourth-order valence-corrected chi connectivity index (χ4v) is 2.90. The highest BCUT2D eigenvalue weighted by Gasteiger charge is 2.20. The van der Waals surface area contributed by atoms with Crippen LogP contribution in [0.5, 0.6) is 0 Å². The maximum atomic E-state index is 14.2. The first kappa shape index (κ1) is 21.3. The van der Waals surface area contributed by atoms with Crippen molar-refractivity contribution in [2.45, 2.75) is 19.8 Å². The van der Waals surface area contributed by atoms with Gasteiger partial charge in [0.25, 0.3) is 5.91 Å². The van der Waals surface area contributed by atoms with Gasteiger partial charge in [0.2, 0.25) is 0 Å². The number of halogens is 1. The predicted octanol–water partition coefficient (Wildman–Crippen LogP) is 3.73. The first-order valence-corrected chi connectivity index (χ1v) is 9.47. The van der Waals surface area contributed by atoms with Crippen LogP contribution in [0.1, 0.15) is 30.1 Å². The van der Waals surface area contributed by atoms with Crippen molar-refractivity contribution in [3.8, 4) is 0 Å². The molecule has 0 fully saturated rings. The van der Waals surface area contributed by atoms with Crippen molar-refractivity contribution in [2.75, 3.05) is 37.0 Å². The maximum absolute atomic E-state index is 14.2. The minimum Gasteiger partial charge on any atom is -0.403 e. The molecule has 2 aromatic carbocycles. The Morgan fingerprint density at radius 3 is 2.54 bits per heavy atom. The largest absolute Gasteiger partial charge is 0.403 e. The summed E-state index contributed by atoms with van der Waals surface area (Å²) in [4.78, 5) is 16.7. The molecular formula is C22H29FN4O. The number of nitrogens with one attached hydrogen (secondary N) is 1. The SMILES string of the molecule is CCCCN(C(=O)c1ccccc1F)c1cccc(N(C)C/C(=C/N)NC)c1. The fourth-order valence-electron chi connectivity index (χ4n) is 2.90. The number of amides is 1. The molecule has 0 saturated heterocycles. The van der Waals surface area contributed by atoms with E-state index in [0.29, 0.717) is 13.1 Å². The molecule has 0 heterocycles. The first-order chi connectivity index (χ1) is 13.5. The summed E-state index contributed by atoms with van der Waals surface area (Å²) in [6.07, 6.45) is 3.31. The molecule has 0 saturated carbocycles. The van der Waals surface area contributed by atoms with Gasteiger partial charge in [0.05, 0.1) is 12.1 Å². The number of benzene rings is 2. The van der Waals surface area contributed by atoms with Crippen molar-refractivity contribution in [2.24, 2.45) is 5.73 Å². The van der Waals surface area contributed by atoms with Crippen LogP contribution in [0.2, 0.25) is 0 Å². The maximum Gasteiger partial charge on any atom is 0.261 e. The van der Waals surface area contributed by atoms with Crippen LogP contribution >= 0.6 is 0 Å². The highest BCUT2D eigenvalue weighted by Crippen LogP contribution is 2.25. The van der Waals surface area contributed by atoms with Crippen LogP contribution in [0.4, 0.5) is 15.8 Å². The smallest absolute Gasteiger partial charge is 0.261 e. The van der Waals surface area contributed by atoms with E-state index in [9.17, 15) is 9.18 Å². The number of anilines is 2. The molecule has 3 N–H and O–H groups in total. The van der Waals surface area contributed by atoms with Crippen molar-refractivity contribution in [3.05, 3.63) is 71.8 Å². The third-order valence-electron chi connectivity index (χ3n) is 4.60. The van der Waals surface area contributed by atoms with Crippen LogP contribution in [0.25, 0.3) is 0 Å². The van der Waals surface area contributed by atoms with Crippen LogP contribution in [0.3, 0.4) is 0 Å². The van der Waals surface area contributed by atoms with Crippen molar-refractivity contribution in [3.63, 3.8) is 0 Å². The molecular weight excluding hydrogens is 355 g/mol. The Kier molecular flexibility index (Phi) is 7.87. The summed E-state index contributed by atoms with van der Waals surface area (Å²) >= 11 is 0. The monoisotopic (exact) mass is 384 g/mol. The second-order valence-corrected chi connectivity index (χ2v) is 6.61. The number of nitrogens with zero attached hydrogens (tertiary/aromatic N) is 2. The minimum atomic E-state index is -0.506. The lowest BCUT2D eigenvalue weighted by Crippen LogP contribution is -2.33. The van der Waals surface area contributed by atoms with Gasteiger partial charge >= 0.3 is 0 Å². The van der Waals surface area contributed by atoms with Crippen LogP contribution in [0.15, 0.2) is 60.4 Å². The summed E-state index contributed by atoms with van der Waals surface area (Å²) in [6, 6.07) is 13.8. The molecule has 0 aliphatic heterocycles. The lowest BCUT2D eigenvalue weighted by Gasteiger charge is -2.26. The highest BCUT2D eigenvalue weighted by atomic mass is 19.1. The number of nitrogens with two attached hydrogens (primary N) is 1. The number of carbonyl (C=O) groups is 1. The van der Waals surface area contributed by atoms with Crippen LogP contribution in [0, 0.1) is 5.82 Å². The van der Waals surface area contributed by atoms with Crippen LogP contribution < -0.4 is 20.9 Å². The number of hydrogen-bond acceptors (Lipinski definition) is 4. The minimum absolute atomic E-state index is 0.0842. The standard InChI is InChI=1S/C22H29FN4O/c1-4-5-13-27(22(28)20-11-6-7-12-21(20)23)19-10-8-9-18(14-19)26(3)16-17(15-24)25-2/h6-12,14-15,25H,4-5,13,16,24H2,1-3H3/b17-15-. The van der Waals surface area contributed by atoms with Gasteiger partial charge in [0.15, 0.2) is 0 Å². The van der Waals surface area contributed by atoms with E-state index in [4.69, 9.17) is 5.73 Å². The Bertz CT molecular complexity index is 822. The average Bonchev–Trinajstić information content (AvgIpc) is 2.72. The zero-order valence-electron chi connectivity index (χ0n) is 16.8. The molecule has 0 radical (unpaired) electrons. The summed E-state index contributed by atoms with van der Waals surface area (Å²) < 4.78 is 14.2. The van der Waals surface area contributed by atoms with Gasteiger partial charge < -0.3 is 20.9 Å². The second-order valence-electron chi connectivity index (χ2n) is 6.61. The number of likely N-dealkylation sites (N-methyl/N-ethyl adjacent to an activating group) is 2. The second kappa shape index (κ2) is 10.3. The molecule has 6 heteroatoms. The molecule has 0 aliphatic rings. The van der Waals surface area contributed by atoms with E-state index in [1.165, 1.54) is 18.3 Å². The third-order valence-corrected chi connectivity index (χ3v) is 4.60. The summed E-state index contributed by atoms with van der Waals surface area (Å²) in [7, 11) is 3.78. The van der Waals surface area contributed by atoms with Crippen molar-refractivity contribution in [1.82, 2.24) is 5.32 Å². The lowest BCUT2D eigenvalue weighted by atomic mass is 10.1. The van der Waals surface area contributed by atoms with E-state index < -0.39 is 5.82 Å². The van der Waals surface area contributed by atoms with Crippen molar-refractivity contribution < 1.29 is 9.18 Å². The number of rotatable bonds is 9. The molecule has 2 rings (SSSR count). The van der Waals surface area contributed by atoms with E-state index in [-0.39, 0.29) is 11.5 Å². The molecule has 0 aromatic heterocycles. The molecule has 0 spiro atoms. The van der Waals surface area contributed by atoms with Gasteiger partial charge in [0, 0.05) is 43.9 Å². The normalized spacial score (nSPS) is 11.2. The Balaban J connectivity index is 2.34. The molecule has 0 aliphatic carbocycles. The lowest BCUT2D eigenvalue weighted by molar-refractivity contribution is 0.0982. The molecule has 0 bridgehead atoms. The zero-order chi connectivity index (χ0) is 20.5. The average molecular weight is 384 g/mol. The number of carbonyl (C=O) groups excluding carboxylic acids is 1. The van der Waals surface area contributed by atoms with Gasteiger partial charge in [-0.1, -0.05) is 31.5 Å². The molecule has 150 valence electrons. The van der Waals surface area contributed by atoms with E-state index in [1.54, 1.807) is 17.0 Å². The van der Waals surface area contributed by atoms with Gasteiger partial charge in [-0.3, -0.25) is 4.79 Å². The van der Waals surface area contributed by atoms with E-state index >= 15 is 0 Å². The van der Waals surface area contributed by atoms with E-state index in [2.05, 4.69) is 12.2 Å². The Morgan fingerprint density at radius 1 is 1.18 bits per heavy atom. The van der Waals surface area contributed by atoms with Crippen molar-refractivity contribution >= 4 is 17.3 Å². The predicted molar refractivity (Wildman–Crippen MR) is 114 cm³/mol. The topological polar surface area (TPSA) is 61.6 Å². The van der Waals surface area contributed by atoms with Gasteiger partial charge in [-0.15, -0.1) is 0 Å². The summed E-state index contributed by atoms with van der Waals surface area (Å²) in [5, 5.41) is 3.05. The van der Waals surface area contributed by atoms with Gasteiger partial charge in [-0.2, -0.15) is 0 Å². The Hall–Kier alpha value is -3.02. The van der Waals surface area contributed by atoms with Gasteiger partial charge in [-0.25, -0.2) is 4.39 Å². The summed E-state index contributed by atoms with van der Waals surface area (Å²) in [5.74, 6) is -0.835. The molecule has 28 heavy (non-hydrogen) atoms. The quantitative estimate of drug-likeness (QED) is 0.692. The van der Waals surface area contributed by atoms with E-state index in [0.717, 1.165) is 29.9 Å². The fraction of sp³-hybridized carbons (Fsp3) is 0.318. The summed E-state index contributed by atoms with van der Waals surface area (Å²) in [5.41, 5.74) is 8.28. The van der Waals surface area contributed by atoms with Crippen LogP contribution in [-0.4, -0.2) is 33.1 Å². The van der Waals surface area contributed by atoms with Gasteiger partial charge in [-0.05, 0) is 36.8 Å².